The summed E-state index contributed by atoms with van der Waals surface area (Å²) in [6, 6.07) is -0.541. The van der Waals surface area contributed by atoms with Crippen molar-refractivity contribution in [3.8, 4) is 0 Å². The van der Waals surface area contributed by atoms with Gasteiger partial charge in [-0.15, -0.1) is 0 Å². The monoisotopic (exact) mass is 244 g/mol. The molecule has 5 atom stereocenters. The fraction of sp³-hybridized carbons (Fsp3) is 0.917. The van der Waals surface area contributed by atoms with Crippen molar-refractivity contribution in [2.75, 3.05) is 0 Å². The van der Waals surface area contributed by atoms with Gasteiger partial charge >= 0.3 is 5.97 Å². The Hall–Kier alpha value is -0.650. The first-order valence-corrected chi connectivity index (χ1v) is 6.36. The summed E-state index contributed by atoms with van der Waals surface area (Å²) in [6.45, 7) is 4.10. The maximum atomic E-state index is 11.0. The van der Waals surface area contributed by atoms with Gasteiger partial charge in [-0.3, -0.25) is 4.79 Å². The van der Waals surface area contributed by atoms with E-state index in [2.05, 4.69) is 13.8 Å². The molecule has 0 bridgehead atoms. The molecule has 1 fully saturated rings. The lowest BCUT2D eigenvalue weighted by Crippen LogP contribution is -2.48. The normalized spacial score (nSPS) is 35.2. The van der Waals surface area contributed by atoms with E-state index >= 15 is 0 Å². The van der Waals surface area contributed by atoms with Crippen LogP contribution in [0.5, 0.6) is 0 Å². The summed E-state index contributed by atoms with van der Waals surface area (Å²) in [5.74, 6) is -1.77. The molecule has 6 N–H and O–H groups in total. The number of aliphatic hydroxyl groups is 1. The zero-order valence-corrected chi connectivity index (χ0v) is 10.5. The molecular weight excluding hydrogens is 220 g/mol. The molecule has 5 nitrogen and oxygen atoms in total. The van der Waals surface area contributed by atoms with E-state index in [0.29, 0.717) is 6.42 Å². The lowest BCUT2D eigenvalue weighted by atomic mass is 9.81. The van der Waals surface area contributed by atoms with Crippen LogP contribution in [0.2, 0.25) is 0 Å². The largest absolute Gasteiger partial charge is 0.481 e. The topological polar surface area (TPSA) is 110 Å². The minimum atomic E-state index is -0.979. The Bertz CT molecular complexity index is 268. The molecule has 0 heterocycles. The van der Waals surface area contributed by atoms with Crippen LogP contribution >= 0.6 is 0 Å². The average Bonchev–Trinajstić information content (AvgIpc) is 2.56. The maximum Gasteiger partial charge on any atom is 0.309 e. The van der Waals surface area contributed by atoms with Crippen LogP contribution in [-0.4, -0.2) is 34.4 Å². The summed E-state index contributed by atoms with van der Waals surface area (Å²) in [4.78, 5) is 11.0. The van der Waals surface area contributed by atoms with Gasteiger partial charge in [-0.2, -0.15) is 0 Å². The van der Waals surface area contributed by atoms with Crippen molar-refractivity contribution in [3.63, 3.8) is 0 Å². The number of carboxylic acids is 1. The highest BCUT2D eigenvalue weighted by Crippen LogP contribution is 2.35. The number of hydrogen-bond donors (Lipinski definition) is 4. The van der Waals surface area contributed by atoms with Gasteiger partial charge < -0.3 is 21.7 Å². The van der Waals surface area contributed by atoms with Crippen molar-refractivity contribution in [3.05, 3.63) is 0 Å². The zero-order valence-electron chi connectivity index (χ0n) is 10.5. The van der Waals surface area contributed by atoms with E-state index in [9.17, 15) is 9.90 Å². The fourth-order valence-electron chi connectivity index (χ4n) is 3.02. The van der Waals surface area contributed by atoms with Crippen molar-refractivity contribution < 1.29 is 15.0 Å². The molecule has 0 aromatic rings. The van der Waals surface area contributed by atoms with Crippen LogP contribution < -0.4 is 11.5 Å². The van der Waals surface area contributed by atoms with Crippen LogP contribution in [-0.2, 0) is 4.79 Å². The van der Waals surface area contributed by atoms with Gasteiger partial charge in [0.2, 0.25) is 0 Å². The van der Waals surface area contributed by atoms with Gasteiger partial charge in [-0.05, 0) is 12.3 Å². The molecule has 100 valence electrons. The van der Waals surface area contributed by atoms with E-state index in [4.69, 9.17) is 16.6 Å². The molecule has 0 amide bonds. The standard InChI is InChI=1S/C12H24N2O3/c1-3-6(4-2)10(14)9-8(13)5-7(11(9)15)12(16)17/h6-11,15H,3-5,13-14H2,1-2H3,(H,16,17)/t7-,8+,9+,10?,11+/m1/s1. The summed E-state index contributed by atoms with van der Waals surface area (Å²) in [7, 11) is 0. The van der Waals surface area contributed by atoms with Crippen molar-refractivity contribution in [1.82, 2.24) is 0 Å². The Kier molecular flexibility index (Phi) is 4.91. The quantitative estimate of drug-likeness (QED) is 0.550. The number of aliphatic carboxylic acids is 1. The highest BCUT2D eigenvalue weighted by molar-refractivity contribution is 5.71. The van der Waals surface area contributed by atoms with Crippen LogP contribution in [0.3, 0.4) is 0 Å². The van der Waals surface area contributed by atoms with E-state index in [1.165, 1.54) is 0 Å². The first-order chi connectivity index (χ1) is 7.93. The summed E-state index contributed by atoms with van der Waals surface area (Å²) >= 11 is 0. The predicted octanol–water partition coefficient (Wildman–Crippen LogP) is 0.159. The second-order valence-electron chi connectivity index (χ2n) is 5.07. The van der Waals surface area contributed by atoms with Crippen molar-refractivity contribution in [1.29, 1.82) is 0 Å². The van der Waals surface area contributed by atoms with Crippen molar-refractivity contribution in [2.24, 2.45) is 29.2 Å². The van der Waals surface area contributed by atoms with E-state index in [1.807, 2.05) is 0 Å². The molecule has 1 unspecified atom stereocenters. The maximum absolute atomic E-state index is 11.0. The molecule has 1 saturated carbocycles. The van der Waals surface area contributed by atoms with Gasteiger partial charge in [0.25, 0.3) is 0 Å². The Morgan fingerprint density at radius 3 is 2.29 bits per heavy atom. The van der Waals surface area contributed by atoms with Crippen LogP contribution in [0.15, 0.2) is 0 Å². The molecule has 1 rings (SSSR count). The smallest absolute Gasteiger partial charge is 0.309 e. The molecular formula is C12H24N2O3. The molecule has 0 aromatic carbocycles. The molecule has 1 aliphatic carbocycles. The third kappa shape index (κ3) is 2.78. The van der Waals surface area contributed by atoms with Crippen molar-refractivity contribution in [2.45, 2.75) is 51.3 Å². The van der Waals surface area contributed by atoms with E-state index in [1.54, 1.807) is 0 Å². The molecule has 0 saturated heterocycles. The van der Waals surface area contributed by atoms with Crippen LogP contribution in [0.4, 0.5) is 0 Å². The second kappa shape index (κ2) is 5.80. The average molecular weight is 244 g/mol. The Balaban J connectivity index is 2.79. The molecule has 0 aliphatic heterocycles. The number of rotatable bonds is 5. The van der Waals surface area contributed by atoms with Gasteiger partial charge in [-0.25, -0.2) is 0 Å². The van der Waals surface area contributed by atoms with Gasteiger partial charge in [0.1, 0.15) is 0 Å². The van der Waals surface area contributed by atoms with Crippen LogP contribution in [0.1, 0.15) is 33.1 Å². The number of hydrogen-bond acceptors (Lipinski definition) is 4. The lowest BCUT2D eigenvalue weighted by Gasteiger charge is -2.31. The highest BCUT2D eigenvalue weighted by Gasteiger charge is 2.47. The summed E-state index contributed by atoms with van der Waals surface area (Å²) in [6.07, 6.45) is 1.24. The summed E-state index contributed by atoms with van der Waals surface area (Å²) in [5, 5.41) is 19.1. The minimum Gasteiger partial charge on any atom is -0.481 e. The van der Waals surface area contributed by atoms with Crippen molar-refractivity contribution >= 4 is 5.97 Å². The third-order valence-corrected chi connectivity index (χ3v) is 4.18. The molecule has 5 heteroatoms. The minimum absolute atomic E-state index is 0.223. The van der Waals surface area contributed by atoms with Gasteiger partial charge in [0.15, 0.2) is 0 Å². The van der Waals surface area contributed by atoms with Crippen LogP contribution in [0.25, 0.3) is 0 Å². The zero-order chi connectivity index (χ0) is 13.2. The molecule has 17 heavy (non-hydrogen) atoms. The molecule has 0 radical (unpaired) electrons. The molecule has 0 spiro atoms. The second-order valence-corrected chi connectivity index (χ2v) is 5.07. The van der Waals surface area contributed by atoms with E-state index in [0.717, 1.165) is 12.8 Å². The molecule has 1 aliphatic rings. The van der Waals surface area contributed by atoms with E-state index in [-0.39, 0.29) is 23.9 Å². The Labute approximate surface area is 102 Å². The third-order valence-electron chi connectivity index (χ3n) is 4.18. The Morgan fingerprint density at radius 2 is 1.94 bits per heavy atom. The van der Waals surface area contributed by atoms with Gasteiger partial charge in [0.05, 0.1) is 12.0 Å². The Morgan fingerprint density at radius 1 is 1.41 bits per heavy atom. The summed E-state index contributed by atoms with van der Waals surface area (Å²) in [5.41, 5.74) is 12.1. The van der Waals surface area contributed by atoms with Gasteiger partial charge in [-0.1, -0.05) is 26.7 Å². The van der Waals surface area contributed by atoms with E-state index < -0.39 is 18.0 Å². The number of nitrogens with two attached hydrogens (primary N) is 2. The number of carboxylic acid groups (broad SMARTS) is 1. The predicted molar refractivity (Wildman–Crippen MR) is 65.3 cm³/mol. The summed E-state index contributed by atoms with van der Waals surface area (Å²) < 4.78 is 0. The molecule has 0 aromatic heterocycles. The van der Waals surface area contributed by atoms with Gasteiger partial charge in [0, 0.05) is 18.0 Å². The highest BCUT2D eigenvalue weighted by atomic mass is 16.4. The lowest BCUT2D eigenvalue weighted by molar-refractivity contribution is -0.145. The fourth-order valence-corrected chi connectivity index (χ4v) is 3.02. The SMILES string of the molecule is CCC(CC)C(N)[C@H]1[C@@H](O)[C@H](C(=O)O)C[C@@H]1N. The number of aliphatic hydroxyl groups excluding tert-OH is 1. The van der Waals surface area contributed by atoms with Crippen LogP contribution in [0, 0.1) is 17.8 Å². The first kappa shape index (κ1) is 14.4. The first-order valence-electron chi connectivity index (χ1n) is 6.36. The number of carbonyl (C=O) groups is 1.